The van der Waals surface area contributed by atoms with Crippen LogP contribution in [0.2, 0.25) is 0 Å². The van der Waals surface area contributed by atoms with E-state index in [-0.39, 0.29) is 12.1 Å². The fraction of sp³-hybridized carbons (Fsp3) is 1.00. The molecule has 0 aromatic carbocycles. The topological polar surface area (TPSA) is 35.5 Å². The molecule has 1 aliphatic heterocycles. The van der Waals surface area contributed by atoms with Gasteiger partial charge in [0.2, 0.25) is 0 Å². The summed E-state index contributed by atoms with van der Waals surface area (Å²) in [6.45, 7) is 10.9. The molecule has 2 N–H and O–H groups in total. The highest BCUT2D eigenvalue weighted by atomic mass is 16.3. The largest absolute Gasteiger partial charge is 0.394 e. The summed E-state index contributed by atoms with van der Waals surface area (Å²) >= 11 is 0. The molecule has 1 saturated heterocycles. The molecule has 0 bridgehead atoms. The van der Waals surface area contributed by atoms with Crippen molar-refractivity contribution < 1.29 is 5.11 Å². The van der Waals surface area contributed by atoms with Gasteiger partial charge in [-0.25, -0.2) is 0 Å². The summed E-state index contributed by atoms with van der Waals surface area (Å²) in [4.78, 5) is 2.62. The summed E-state index contributed by atoms with van der Waals surface area (Å²) in [5.41, 5.74) is -0.0613. The molecular weight excluding hydrogens is 236 g/mol. The lowest BCUT2D eigenvalue weighted by molar-refractivity contribution is 0.123. The minimum atomic E-state index is -0.0613. The van der Waals surface area contributed by atoms with Crippen molar-refractivity contribution in [1.82, 2.24) is 10.2 Å². The zero-order valence-electron chi connectivity index (χ0n) is 13.0. The van der Waals surface area contributed by atoms with Gasteiger partial charge in [0.15, 0.2) is 0 Å². The Morgan fingerprint density at radius 3 is 2.37 bits per heavy atom. The molecule has 3 atom stereocenters. The smallest absolute Gasteiger partial charge is 0.0610 e. The summed E-state index contributed by atoms with van der Waals surface area (Å²) in [7, 11) is 0. The maximum absolute atomic E-state index is 9.61. The van der Waals surface area contributed by atoms with E-state index < -0.39 is 0 Å². The molecule has 0 amide bonds. The molecule has 0 aromatic heterocycles. The van der Waals surface area contributed by atoms with Crippen molar-refractivity contribution in [2.24, 2.45) is 11.8 Å². The number of nitrogens with zero attached hydrogens (tertiary/aromatic N) is 1. The van der Waals surface area contributed by atoms with Crippen molar-refractivity contribution in [2.75, 3.05) is 26.2 Å². The number of piperidine rings is 1. The summed E-state index contributed by atoms with van der Waals surface area (Å²) in [5, 5.41) is 13.2. The van der Waals surface area contributed by atoms with Gasteiger partial charge in [0.05, 0.1) is 6.61 Å². The lowest BCUT2D eigenvalue weighted by Crippen LogP contribution is -2.47. The van der Waals surface area contributed by atoms with E-state index in [4.69, 9.17) is 0 Å². The minimum Gasteiger partial charge on any atom is -0.394 e. The summed E-state index contributed by atoms with van der Waals surface area (Å²) in [6.07, 6.45) is 6.23. The van der Waals surface area contributed by atoms with Crippen LogP contribution >= 0.6 is 0 Å². The van der Waals surface area contributed by atoms with Gasteiger partial charge in [0.25, 0.3) is 0 Å². The van der Waals surface area contributed by atoms with Crippen LogP contribution < -0.4 is 5.32 Å². The molecule has 3 nitrogen and oxygen atoms in total. The lowest BCUT2D eigenvalue weighted by Gasteiger charge is -2.36. The third-order valence-electron chi connectivity index (χ3n) is 4.63. The first-order valence-corrected chi connectivity index (χ1v) is 8.11. The predicted molar refractivity (Wildman–Crippen MR) is 80.3 cm³/mol. The Bertz CT molecular complexity index is 270. The van der Waals surface area contributed by atoms with Gasteiger partial charge in [0, 0.05) is 24.7 Å². The number of hydrogen-bond donors (Lipinski definition) is 2. The van der Waals surface area contributed by atoms with Crippen molar-refractivity contribution in [3.63, 3.8) is 0 Å². The molecule has 2 fully saturated rings. The van der Waals surface area contributed by atoms with Crippen molar-refractivity contribution >= 4 is 0 Å². The second-order valence-electron chi connectivity index (χ2n) is 7.45. The van der Waals surface area contributed by atoms with Crippen molar-refractivity contribution in [2.45, 2.75) is 64.5 Å². The second-order valence-corrected chi connectivity index (χ2v) is 7.45. The quantitative estimate of drug-likeness (QED) is 0.743. The molecule has 19 heavy (non-hydrogen) atoms. The van der Waals surface area contributed by atoms with Gasteiger partial charge in [-0.15, -0.1) is 0 Å². The first-order chi connectivity index (χ1) is 9.00. The van der Waals surface area contributed by atoms with Crippen LogP contribution in [0.5, 0.6) is 0 Å². The average Bonchev–Trinajstić information content (AvgIpc) is 3.11. The lowest BCUT2D eigenvalue weighted by atomic mass is 9.91. The number of rotatable bonds is 7. The monoisotopic (exact) mass is 268 g/mol. The molecule has 2 aliphatic rings. The fourth-order valence-electron chi connectivity index (χ4n) is 3.58. The Kier molecular flexibility index (Phi) is 5.27. The average molecular weight is 268 g/mol. The molecule has 1 aliphatic carbocycles. The van der Waals surface area contributed by atoms with Crippen LogP contribution in [0.25, 0.3) is 0 Å². The van der Waals surface area contributed by atoms with E-state index in [1.807, 2.05) is 0 Å². The Balaban J connectivity index is 1.69. The first kappa shape index (κ1) is 15.3. The maximum Gasteiger partial charge on any atom is 0.0610 e. The molecule has 0 spiro atoms. The zero-order valence-corrected chi connectivity index (χ0v) is 13.0. The predicted octanol–water partition coefficient (Wildman–Crippen LogP) is 2.25. The molecule has 2 rings (SSSR count). The molecule has 112 valence electrons. The molecule has 0 radical (unpaired) electrons. The molecular formula is C16H32N2O. The van der Waals surface area contributed by atoms with Gasteiger partial charge in [-0.05, 0) is 57.4 Å². The maximum atomic E-state index is 9.61. The first-order valence-electron chi connectivity index (χ1n) is 8.11. The fourth-order valence-corrected chi connectivity index (χ4v) is 3.58. The molecule has 3 heteroatoms. The highest BCUT2D eigenvalue weighted by molar-refractivity contribution is 4.92. The summed E-state index contributed by atoms with van der Waals surface area (Å²) < 4.78 is 0. The number of hydrogen-bond acceptors (Lipinski definition) is 3. The van der Waals surface area contributed by atoms with Crippen molar-refractivity contribution in [1.29, 1.82) is 0 Å². The van der Waals surface area contributed by atoms with Crippen LogP contribution in [0.3, 0.4) is 0 Å². The second kappa shape index (κ2) is 6.55. The van der Waals surface area contributed by atoms with Gasteiger partial charge in [-0.2, -0.15) is 0 Å². The molecule has 1 heterocycles. The standard InChI is InChI=1S/C16H32N2O/c1-13-9-14(2)11-18(10-13)8-4-7-16(3,12-19)17-15-5-6-15/h13-15,17,19H,4-12H2,1-3H3. The number of aliphatic hydroxyl groups is 1. The van der Waals surface area contributed by atoms with Crippen LogP contribution in [0.15, 0.2) is 0 Å². The summed E-state index contributed by atoms with van der Waals surface area (Å²) in [6, 6.07) is 0.673. The number of nitrogens with one attached hydrogen (secondary N) is 1. The Labute approximate surface area is 118 Å². The Morgan fingerprint density at radius 2 is 1.84 bits per heavy atom. The van der Waals surface area contributed by atoms with E-state index in [1.165, 1.54) is 45.3 Å². The van der Waals surface area contributed by atoms with Gasteiger partial charge in [-0.1, -0.05) is 13.8 Å². The van der Waals surface area contributed by atoms with Crippen molar-refractivity contribution in [3.05, 3.63) is 0 Å². The van der Waals surface area contributed by atoms with Crippen molar-refractivity contribution in [3.8, 4) is 0 Å². The minimum absolute atomic E-state index is 0.0613. The number of aliphatic hydroxyl groups excluding tert-OH is 1. The van der Waals surface area contributed by atoms with Crippen LogP contribution in [0.4, 0.5) is 0 Å². The van der Waals surface area contributed by atoms with Gasteiger partial charge in [0.1, 0.15) is 0 Å². The van der Waals surface area contributed by atoms with Gasteiger partial charge in [-0.3, -0.25) is 0 Å². The van der Waals surface area contributed by atoms with E-state index in [9.17, 15) is 5.11 Å². The van der Waals surface area contributed by atoms with Crippen LogP contribution in [-0.4, -0.2) is 47.8 Å². The van der Waals surface area contributed by atoms with E-state index in [0.29, 0.717) is 6.04 Å². The molecule has 3 unspecified atom stereocenters. The van der Waals surface area contributed by atoms with Gasteiger partial charge < -0.3 is 15.3 Å². The Morgan fingerprint density at radius 1 is 1.21 bits per heavy atom. The van der Waals surface area contributed by atoms with Crippen LogP contribution in [0, 0.1) is 11.8 Å². The number of likely N-dealkylation sites (tertiary alicyclic amines) is 1. The van der Waals surface area contributed by atoms with Crippen LogP contribution in [-0.2, 0) is 0 Å². The third-order valence-corrected chi connectivity index (χ3v) is 4.63. The van der Waals surface area contributed by atoms with Gasteiger partial charge >= 0.3 is 0 Å². The van der Waals surface area contributed by atoms with Crippen LogP contribution in [0.1, 0.15) is 52.9 Å². The third kappa shape index (κ3) is 5.05. The summed E-state index contributed by atoms with van der Waals surface area (Å²) in [5.74, 6) is 1.69. The molecule has 0 aromatic rings. The van der Waals surface area contributed by atoms with E-state index in [1.54, 1.807) is 0 Å². The van der Waals surface area contributed by atoms with E-state index in [2.05, 4.69) is 31.0 Å². The molecule has 1 saturated carbocycles. The van der Waals surface area contributed by atoms with E-state index >= 15 is 0 Å². The normalized spacial score (nSPS) is 32.2. The highest BCUT2D eigenvalue weighted by Crippen LogP contribution is 2.25. The zero-order chi connectivity index (χ0) is 13.9. The highest BCUT2D eigenvalue weighted by Gasteiger charge is 2.31. The van der Waals surface area contributed by atoms with E-state index in [0.717, 1.165) is 18.3 Å². The SMILES string of the molecule is CC1CC(C)CN(CCCC(C)(CO)NC2CC2)C1. The Hall–Kier alpha value is -0.120.